The van der Waals surface area contributed by atoms with E-state index in [0.29, 0.717) is 0 Å². The monoisotopic (exact) mass is 426 g/mol. The van der Waals surface area contributed by atoms with Crippen molar-refractivity contribution in [1.82, 2.24) is 0 Å². The molecular weight excluding hydrogens is 405 g/mol. The molecule has 0 atom stereocenters. The van der Waals surface area contributed by atoms with Crippen LogP contribution in [0.3, 0.4) is 0 Å². The van der Waals surface area contributed by atoms with Gasteiger partial charge in [-0.1, -0.05) is 39.0 Å². The Labute approximate surface area is 127 Å². The zero-order valence-electron chi connectivity index (χ0n) is 11.0. The Hall–Kier alpha value is -0.680. The fraction of sp³-hybridized carbons (Fsp3) is 0.500. The first-order valence-corrected chi connectivity index (χ1v) is 6.52. The average molecular weight is 426 g/mol. The Kier molecular flexibility index (Phi) is 11.0. The van der Waals surface area contributed by atoms with E-state index in [-0.39, 0.29) is 22.4 Å². The summed E-state index contributed by atoms with van der Waals surface area (Å²) < 4.78 is 5.62. The summed E-state index contributed by atoms with van der Waals surface area (Å²) in [6.45, 7) is 3.03. The summed E-state index contributed by atoms with van der Waals surface area (Å²) >= 11 is 0. The van der Waals surface area contributed by atoms with Crippen LogP contribution in [0.2, 0.25) is 0 Å². The molecule has 102 valence electrons. The van der Waals surface area contributed by atoms with Gasteiger partial charge in [0.1, 0.15) is 5.75 Å². The summed E-state index contributed by atoms with van der Waals surface area (Å²) in [4.78, 5) is 0. The standard InChI is InChI=1S/C16H21O.Au/c1-3-5-6-7-8-9-14-17-16-12-10-15(4-2)11-13-16;/h10-13H,3,5-9,14H2,1H3;/q-1;+1. The maximum absolute atomic E-state index is 6.97. The van der Waals surface area contributed by atoms with E-state index in [1.54, 1.807) is 0 Å². The molecule has 1 nitrogen and oxygen atoms in total. The SMILES string of the molecule is [Au+].[C-]#Cc1ccc(OCCCCCCCC)cc1. The van der Waals surface area contributed by atoms with Gasteiger partial charge in [-0.15, -0.1) is 17.7 Å². The predicted octanol–water partition coefficient (Wildman–Crippen LogP) is 4.36. The third-order valence-electron chi connectivity index (χ3n) is 2.77. The van der Waals surface area contributed by atoms with Gasteiger partial charge >= 0.3 is 22.4 Å². The molecule has 0 bridgehead atoms. The molecule has 1 rings (SSSR count). The molecule has 0 fully saturated rings. The van der Waals surface area contributed by atoms with Crippen LogP contribution in [0.4, 0.5) is 0 Å². The minimum absolute atomic E-state index is 0. The third kappa shape index (κ3) is 7.61. The fourth-order valence-electron chi connectivity index (χ4n) is 1.71. The van der Waals surface area contributed by atoms with Gasteiger partial charge in [-0.3, -0.25) is 5.92 Å². The zero-order chi connectivity index (χ0) is 12.3. The van der Waals surface area contributed by atoms with Gasteiger partial charge in [0.05, 0.1) is 6.61 Å². The Bertz CT molecular complexity index is 337. The zero-order valence-corrected chi connectivity index (χ0v) is 13.1. The maximum atomic E-state index is 6.97. The molecule has 0 aromatic heterocycles. The molecule has 1 aromatic rings. The number of hydrogen-bond donors (Lipinski definition) is 0. The molecule has 1 aromatic carbocycles. The van der Waals surface area contributed by atoms with Crippen LogP contribution in [0.25, 0.3) is 0 Å². The van der Waals surface area contributed by atoms with Crippen LogP contribution >= 0.6 is 0 Å². The summed E-state index contributed by atoms with van der Waals surface area (Å²) in [7, 11) is 0. The van der Waals surface area contributed by atoms with Crippen molar-refractivity contribution in [3.05, 3.63) is 36.3 Å². The topological polar surface area (TPSA) is 9.23 Å². The molecular formula is C16H21AuO. The number of unbranched alkanes of at least 4 members (excludes halogenated alkanes) is 5. The molecule has 0 heterocycles. The van der Waals surface area contributed by atoms with E-state index >= 15 is 0 Å². The van der Waals surface area contributed by atoms with Crippen LogP contribution in [0.5, 0.6) is 5.75 Å². The van der Waals surface area contributed by atoms with Gasteiger partial charge in [-0.2, -0.15) is 0 Å². The molecule has 0 saturated carbocycles. The van der Waals surface area contributed by atoms with Crippen molar-refractivity contribution in [2.24, 2.45) is 0 Å². The molecule has 0 aliphatic carbocycles. The van der Waals surface area contributed by atoms with Crippen LogP contribution < -0.4 is 4.74 Å². The number of benzene rings is 1. The smallest absolute Gasteiger partial charge is 0.494 e. The van der Waals surface area contributed by atoms with E-state index in [1.165, 1.54) is 32.1 Å². The normalized spacial score (nSPS) is 9.33. The van der Waals surface area contributed by atoms with Gasteiger partial charge in [0.25, 0.3) is 0 Å². The van der Waals surface area contributed by atoms with Crippen LogP contribution in [-0.4, -0.2) is 6.61 Å². The third-order valence-corrected chi connectivity index (χ3v) is 2.77. The molecule has 0 N–H and O–H groups in total. The molecule has 18 heavy (non-hydrogen) atoms. The van der Waals surface area contributed by atoms with Crippen molar-refractivity contribution in [3.8, 4) is 11.7 Å². The molecule has 0 radical (unpaired) electrons. The van der Waals surface area contributed by atoms with Gasteiger partial charge in [-0.05, 0) is 18.6 Å². The number of ether oxygens (including phenoxy) is 1. The van der Waals surface area contributed by atoms with Crippen molar-refractivity contribution in [2.75, 3.05) is 6.61 Å². The van der Waals surface area contributed by atoms with Crippen molar-refractivity contribution in [2.45, 2.75) is 45.4 Å². The first-order valence-electron chi connectivity index (χ1n) is 6.52. The van der Waals surface area contributed by atoms with Crippen molar-refractivity contribution < 1.29 is 27.1 Å². The molecule has 0 saturated heterocycles. The minimum atomic E-state index is 0. The fourth-order valence-corrected chi connectivity index (χ4v) is 1.71. The molecule has 0 unspecified atom stereocenters. The summed E-state index contributed by atoms with van der Waals surface area (Å²) in [6, 6.07) is 7.50. The molecule has 2 heteroatoms. The van der Waals surface area contributed by atoms with E-state index in [2.05, 4.69) is 12.8 Å². The van der Waals surface area contributed by atoms with E-state index in [1.807, 2.05) is 24.3 Å². The van der Waals surface area contributed by atoms with Crippen LogP contribution in [-0.2, 0) is 22.4 Å². The van der Waals surface area contributed by atoms with Gasteiger partial charge in [0.15, 0.2) is 0 Å². The molecule has 0 aliphatic heterocycles. The minimum Gasteiger partial charge on any atom is -0.494 e. The average Bonchev–Trinajstić information content (AvgIpc) is 2.38. The van der Waals surface area contributed by atoms with Gasteiger partial charge in [-0.25, -0.2) is 0 Å². The second-order valence-corrected chi connectivity index (χ2v) is 4.27. The van der Waals surface area contributed by atoms with Gasteiger partial charge in [0.2, 0.25) is 0 Å². The van der Waals surface area contributed by atoms with Crippen molar-refractivity contribution >= 4 is 0 Å². The second kappa shape index (κ2) is 11.4. The first-order chi connectivity index (χ1) is 8.36. The maximum Gasteiger partial charge on any atom is 1.00 e. The van der Waals surface area contributed by atoms with Gasteiger partial charge < -0.3 is 11.2 Å². The largest absolute Gasteiger partial charge is 1.00 e. The van der Waals surface area contributed by atoms with Crippen LogP contribution in [0.15, 0.2) is 24.3 Å². The Morgan fingerprint density at radius 1 is 1.00 bits per heavy atom. The van der Waals surface area contributed by atoms with E-state index in [9.17, 15) is 0 Å². The molecule has 0 amide bonds. The van der Waals surface area contributed by atoms with Crippen molar-refractivity contribution in [3.63, 3.8) is 0 Å². The summed E-state index contributed by atoms with van der Waals surface area (Å²) in [5, 5.41) is 0. The Morgan fingerprint density at radius 2 is 1.61 bits per heavy atom. The number of hydrogen-bond acceptors (Lipinski definition) is 1. The quantitative estimate of drug-likeness (QED) is 0.260. The van der Waals surface area contributed by atoms with Crippen LogP contribution in [0.1, 0.15) is 51.0 Å². The first kappa shape index (κ1) is 17.3. The van der Waals surface area contributed by atoms with Gasteiger partial charge in [0, 0.05) is 0 Å². The van der Waals surface area contributed by atoms with Crippen LogP contribution in [0, 0.1) is 12.3 Å². The summed E-state index contributed by atoms with van der Waals surface area (Å²) in [5.41, 5.74) is 0.789. The second-order valence-electron chi connectivity index (χ2n) is 4.27. The van der Waals surface area contributed by atoms with E-state index < -0.39 is 0 Å². The summed E-state index contributed by atoms with van der Waals surface area (Å²) in [6.07, 6.45) is 14.7. The Balaban J connectivity index is 0.00000289. The molecule has 0 spiro atoms. The number of rotatable bonds is 8. The summed E-state index contributed by atoms with van der Waals surface area (Å²) in [5.74, 6) is 3.23. The van der Waals surface area contributed by atoms with E-state index in [0.717, 1.165) is 24.3 Å². The van der Waals surface area contributed by atoms with E-state index in [4.69, 9.17) is 11.2 Å². The predicted molar refractivity (Wildman–Crippen MR) is 71.5 cm³/mol. The molecule has 0 aliphatic rings. The van der Waals surface area contributed by atoms with Crippen molar-refractivity contribution in [1.29, 1.82) is 0 Å². The Morgan fingerprint density at radius 3 is 2.22 bits per heavy atom.